The number of halogens is 2. The Bertz CT molecular complexity index is 1340. The van der Waals surface area contributed by atoms with E-state index in [1.54, 1.807) is 25.1 Å². The Morgan fingerprint density at radius 3 is 2.46 bits per heavy atom. The van der Waals surface area contributed by atoms with Gasteiger partial charge in [-0.3, -0.25) is 9.52 Å². The third-order valence-corrected chi connectivity index (χ3v) is 9.02. The zero-order valence-electron chi connectivity index (χ0n) is 21.9. The van der Waals surface area contributed by atoms with Gasteiger partial charge in [0.1, 0.15) is 5.82 Å². The van der Waals surface area contributed by atoms with Crippen molar-refractivity contribution in [3.63, 3.8) is 0 Å². The van der Waals surface area contributed by atoms with Gasteiger partial charge in [0, 0.05) is 37.8 Å². The Labute approximate surface area is 226 Å². The van der Waals surface area contributed by atoms with Crippen molar-refractivity contribution in [1.29, 1.82) is 0 Å². The second kappa shape index (κ2) is 10.5. The number of sulfonamides is 1. The Morgan fingerprint density at radius 2 is 1.79 bits per heavy atom. The normalized spacial score (nSPS) is 20.1. The summed E-state index contributed by atoms with van der Waals surface area (Å²) in [6.45, 7) is 2.62. The van der Waals surface area contributed by atoms with Gasteiger partial charge in [-0.2, -0.15) is 4.98 Å². The maximum Gasteiger partial charge on any atom is 0.265 e. The molecule has 10 nitrogen and oxygen atoms in total. The van der Waals surface area contributed by atoms with Crippen LogP contribution in [0.2, 0.25) is 0 Å². The number of alkyl halides is 2. The Morgan fingerprint density at radius 1 is 1.05 bits per heavy atom. The molecule has 39 heavy (non-hydrogen) atoms. The lowest BCUT2D eigenvalue weighted by Gasteiger charge is -2.35. The number of rotatable bonds is 8. The summed E-state index contributed by atoms with van der Waals surface area (Å²) in [5.41, 5.74) is 2.17. The number of carbonyl (C=O) groups excluding carboxylic acids is 1. The first-order chi connectivity index (χ1) is 18.5. The van der Waals surface area contributed by atoms with Crippen molar-refractivity contribution in [1.82, 2.24) is 9.97 Å². The second-order valence-electron chi connectivity index (χ2n) is 10.9. The molecule has 0 radical (unpaired) electrons. The molecule has 0 atom stereocenters. The average molecular weight is 565 g/mol. The number of aliphatic hydroxyl groups is 1. The van der Waals surface area contributed by atoms with Crippen molar-refractivity contribution >= 4 is 39.1 Å². The Balaban J connectivity index is 1.40. The topological polar surface area (TPSA) is 128 Å². The molecule has 0 unspecified atom stereocenters. The van der Waals surface area contributed by atoms with E-state index in [1.807, 2.05) is 0 Å². The van der Waals surface area contributed by atoms with Gasteiger partial charge in [-0.05, 0) is 62.6 Å². The Kier molecular flexibility index (Phi) is 7.40. The third-order valence-electron chi connectivity index (χ3n) is 7.76. The fraction of sp³-hybridized carbons (Fsp3) is 0.577. The summed E-state index contributed by atoms with van der Waals surface area (Å²) in [7, 11) is -3.75. The summed E-state index contributed by atoms with van der Waals surface area (Å²) in [5, 5.41) is 11.9. The summed E-state index contributed by atoms with van der Waals surface area (Å²) < 4.78 is 55.0. The highest BCUT2D eigenvalue weighted by Crippen LogP contribution is 2.54. The van der Waals surface area contributed by atoms with Gasteiger partial charge in [-0.15, -0.1) is 0 Å². The predicted octanol–water partition coefficient (Wildman–Crippen LogP) is 3.39. The van der Waals surface area contributed by atoms with Gasteiger partial charge in [0.25, 0.3) is 11.8 Å². The van der Waals surface area contributed by atoms with E-state index in [2.05, 4.69) is 24.9 Å². The summed E-state index contributed by atoms with van der Waals surface area (Å²) in [6.07, 6.45) is 4.58. The zero-order valence-corrected chi connectivity index (χ0v) is 22.7. The van der Waals surface area contributed by atoms with Crippen molar-refractivity contribution in [3.05, 3.63) is 35.5 Å². The van der Waals surface area contributed by atoms with Crippen LogP contribution in [0.3, 0.4) is 0 Å². The summed E-state index contributed by atoms with van der Waals surface area (Å²) in [4.78, 5) is 25.7. The molecule has 1 saturated carbocycles. The summed E-state index contributed by atoms with van der Waals surface area (Å²) in [5.74, 6) is -3.36. The van der Waals surface area contributed by atoms with Gasteiger partial charge >= 0.3 is 0 Å². The van der Waals surface area contributed by atoms with Crippen LogP contribution >= 0.6 is 0 Å². The molecule has 3 N–H and O–H groups in total. The third kappa shape index (κ3) is 6.57. The minimum absolute atomic E-state index is 0.143. The fourth-order valence-corrected chi connectivity index (χ4v) is 6.21. The quantitative estimate of drug-likeness (QED) is 0.445. The molecule has 1 amide bonds. The smallest absolute Gasteiger partial charge is 0.265 e. The van der Waals surface area contributed by atoms with Crippen LogP contribution in [0.4, 0.5) is 31.9 Å². The maximum absolute atomic E-state index is 14.0. The number of aliphatic hydroxyl groups excluding tert-OH is 1. The van der Waals surface area contributed by atoms with E-state index < -0.39 is 40.8 Å². The van der Waals surface area contributed by atoms with Crippen molar-refractivity contribution < 1.29 is 27.1 Å². The van der Waals surface area contributed by atoms with Crippen LogP contribution in [-0.2, 0) is 10.0 Å². The summed E-state index contributed by atoms with van der Waals surface area (Å²) in [6, 6.07) is 6.29. The molecule has 3 heterocycles. The SMILES string of the molecule is Cc1cc(NC(=O)c2ccc(NS(=O)(=O)CCO)cc2N2CCC3(CC2)CC3)nc(N2CCCC(F)(F)C2)n1. The molecule has 1 aliphatic carbocycles. The highest BCUT2D eigenvalue weighted by molar-refractivity contribution is 7.92. The van der Waals surface area contributed by atoms with Gasteiger partial charge in [0.05, 0.1) is 35.8 Å². The Hall–Kier alpha value is -3.06. The van der Waals surface area contributed by atoms with Gasteiger partial charge in [0.2, 0.25) is 16.0 Å². The summed E-state index contributed by atoms with van der Waals surface area (Å²) >= 11 is 0. The number of aromatic nitrogens is 2. The number of amides is 1. The number of piperidine rings is 2. The monoisotopic (exact) mass is 564 g/mol. The molecule has 3 aliphatic rings. The highest BCUT2D eigenvalue weighted by atomic mass is 32.2. The molecular weight excluding hydrogens is 530 g/mol. The predicted molar refractivity (Wildman–Crippen MR) is 145 cm³/mol. The number of aryl methyl sites for hydroxylation is 1. The van der Waals surface area contributed by atoms with Gasteiger partial charge in [-0.1, -0.05) is 0 Å². The average Bonchev–Trinajstić information content (AvgIpc) is 3.61. The van der Waals surface area contributed by atoms with E-state index in [4.69, 9.17) is 5.11 Å². The maximum atomic E-state index is 14.0. The number of hydrogen-bond donors (Lipinski definition) is 3. The first kappa shape index (κ1) is 27.5. The molecule has 13 heteroatoms. The van der Waals surface area contributed by atoms with Crippen LogP contribution in [-0.4, -0.2) is 73.9 Å². The number of nitrogens with zero attached hydrogens (tertiary/aromatic N) is 4. The lowest BCUT2D eigenvalue weighted by atomic mass is 9.93. The molecule has 1 spiro atoms. The van der Waals surface area contributed by atoms with Crippen LogP contribution in [0.1, 0.15) is 54.6 Å². The van der Waals surface area contributed by atoms with Crippen LogP contribution in [0, 0.1) is 12.3 Å². The number of carbonyl (C=O) groups is 1. The van der Waals surface area contributed by atoms with E-state index in [0.717, 1.165) is 25.9 Å². The number of hydrogen-bond acceptors (Lipinski definition) is 8. The number of anilines is 4. The van der Waals surface area contributed by atoms with E-state index in [-0.39, 0.29) is 18.2 Å². The van der Waals surface area contributed by atoms with Gasteiger partial charge in [-0.25, -0.2) is 22.2 Å². The number of benzene rings is 1. The minimum atomic E-state index is -3.75. The van der Waals surface area contributed by atoms with Crippen LogP contribution < -0.4 is 19.8 Å². The molecule has 3 fully saturated rings. The van der Waals surface area contributed by atoms with Gasteiger partial charge in [0.15, 0.2) is 0 Å². The van der Waals surface area contributed by atoms with E-state index >= 15 is 0 Å². The largest absolute Gasteiger partial charge is 0.395 e. The van der Waals surface area contributed by atoms with E-state index in [0.29, 0.717) is 41.0 Å². The molecule has 1 aromatic carbocycles. The number of nitrogens with one attached hydrogen (secondary N) is 2. The van der Waals surface area contributed by atoms with Crippen LogP contribution in [0.15, 0.2) is 24.3 Å². The van der Waals surface area contributed by atoms with Crippen LogP contribution in [0.5, 0.6) is 0 Å². The van der Waals surface area contributed by atoms with Crippen molar-refractivity contribution in [2.24, 2.45) is 5.41 Å². The lowest BCUT2D eigenvalue weighted by Crippen LogP contribution is -2.43. The standard InChI is InChI=1S/C26H34F2N6O4S/c1-18-15-22(31-24(29-18)34-10-2-5-26(27,28)17-34)30-23(36)20-4-3-19(32-39(37,38)14-13-35)16-21(20)33-11-8-25(6-7-25)9-12-33/h3-4,15-16,32,35H,2,5-14,17H2,1H3,(H,29,30,31,36). The molecule has 2 aromatic rings. The molecule has 2 saturated heterocycles. The molecule has 2 aliphatic heterocycles. The minimum Gasteiger partial charge on any atom is -0.395 e. The first-order valence-electron chi connectivity index (χ1n) is 13.3. The molecule has 212 valence electrons. The van der Waals surface area contributed by atoms with E-state index in [1.165, 1.54) is 23.8 Å². The fourth-order valence-electron chi connectivity index (χ4n) is 5.38. The van der Waals surface area contributed by atoms with Gasteiger partial charge < -0.3 is 20.2 Å². The van der Waals surface area contributed by atoms with Crippen molar-refractivity contribution in [2.75, 3.05) is 58.4 Å². The molecule has 5 rings (SSSR count). The molecule has 1 aromatic heterocycles. The second-order valence-corrected chi connectivity index (χ2v) is 12.7. The zero-order chi connectivity index (χ0) is 27.8. The highest BCUT2D eigenvalue weighted by Gasteiger charge is 2.44. The van der Waals surface area contributed by atoms with Crippen molar-refractivity contribution in [3.8, 4) is 0 Å². The van der Waals surface area contributed by atoms with Crippen LogP contribution in [0.25, 0.3) is 0 Å². The van der Waals surface area contributed by atoms with E-state index in [9.17, 15) is 22.0 Å². The molecule has 0 bridgehead atoms. The lowest BCUT2D eigenvalue weighted by molar-refractivity contribution is -0.0120. The van der Waals surface area contributed by atoms with Crippen molar-refractivity contribution in [2.45, 2.75) is 51.4 Å². The molecular formula is C26H34F2N6O4S. The first-order valence-corrected chi connectivity index (χ1v) is 14.9.